The number of carbonyl (C=O) groups excluding carboxylic acids is 1. The first kappa shape index (κ1) is 20.5. The molecule has 6 nitrogen and oxygen atoms in total. The average molecular weight is 394 g/mol. The van der Waals surface area contributed by atoms with E-state index >= 15 is 0 Å². The fourth-order valence-corrected chi connectivity index (χ4v) is 3.47. The Morgan fingerprint density at radius 2 is 1.72 bits per heavy atom. The van der Waals surface area contributed by atoms with Crippen LogP contribution in [0.15, 0.2) is 47.4 Å². The van der Waals surface area contributed by atoms with E-state index in [-0.39, 0.29) is 11.5 Å². The molecule has 152 valence electrons. The van der Waals surface area contributed by atoms with Crippen molar-refractivity contribution < 1.29 is 14.3 Å². The molecule has 0 radical (unpaired) electrons. The number of hydrogen-bond acceptors (Lipinski definition) is 4. The first-order chi connectivity index (χ1) is 13.9. The highest BCUT2D eigenvalue weighted by Gasteiger charge is 2.22. The minimum Gasteiger partial charge on any atom is -0.493 e. The number of benzene rings is 2. The minimum absolute atomic E-state index is 0.162. The second-order valence-corrected chi connectivity index (χ2v) is 7.01. The van der Waals surface area contributed by atoms with Gasteiger partial charge >= 0.3 is 0 Å². The molecule has 0 saturated heterocycles. The van der Waals surface area contributed by atoms with Crippen molar-refractivity contribution in [3.05, 3.63) is 64.1 Å². The maximum absolute atomic E-state index is 13.6. The summed E-state index contributed by atoms with van der Waals surface area (Å²) in [5.74, 6) is 0.760. The average Bonchev–Trinajstić information content (AvgIpc) is 2.73. The number of rotatable bonds is 6. The van der Waals surface area contributed by atoms with Gasteiger partial charge < -0.3 is 18.9 Å². The van der Waals surface area contributed by atoms with Crippen molar-refractivity contribution in [3.63, 3.8) is 0 Å². The van der Waals surface area contributed by atoms with Crippen molar-refractivity contribution >= 4 is 22.4 Å². The molecule has 3 aromatic rings. The van der Waals surface area contributed by atoms with Crippen LogP contribution in [0.5, 0.6) is 11.5 Å². The summed E-state index contributed by atoms with van der Waals surface area (Å²) in [7, 11) is 4.69. The first-order valence-electron chi connectivity index (χ1n) is 9.55. The lowest BCUT2D eigenvalue weighted by Gasteiger charge is -2.24. The van der Waals surface area contributed by atoms with Crippen molar-refractivity contribution in [2.75, 3.05) is 25.7 Å². The van der Waals surface area contributed by atoms with Crippen LogP contribution in [0.1, 0.15) is 29.3 Å². The second kappa shape index (κ2) is 8.39. The number of carbonyl (C=O) groups is 1. The van der Waals surface area contributed by atoms with Crippen LogP contribution in [0.2, 0.25) is 0 Å². The molecular weight excluding hydrogens is 368 g/mol. The molecule has 0 N–H and O–H groups in total. The molecule has 0 bridgehead atoms. The third-order valence-electron chi connectivity index (χ3n) is 4.92. The van der Waals surface area contributed by atoms with Crippen LogP contribution in [0.4, 0.5) is 5.69 Å². The molecule has 29 heavy (non-hydrogen) atoms. The third kappa shape index (κ3) is 3.83. The summed E-state index contributed by atoms with van der Waals surface area (Å²) in [6, 6.07) is 11.2. The molecule has 0 aliphatic heterocycles. The van der Waals surface area contributed by atoms with Crippen LogP contribution in [-0.4, -0.2) is 31.2 Å². The molecule has 1 aromatic heterocycles. The molecule has 2 aromatic carbocycles. The lowest BCUT2D eigenvalue weighted by molar-refractivity contribution is 0.0988. The largest absolute Gasteiger partial charge is 0.493 e. The van der Waals surface area contributed by atoms with Crippen molar-refractivity contribution in [3.8, 4) is 11.5 Å². The standard InChI is InChI=1S/C23H26N2O4/c1-6-10-25(16-9-7-8-15(2)11-16)23(27)19-14-24(3)22(26)18-13-21(29-5)20(28-4)12-17(18)19/h7-9,11-14H,6,10H2,1-5H3. The summed E-state index contributed by atoms with van der Waals surface area (Å²) in [6.07, 6.45) is 2.40. The summed E-state index contributed by atoms with van der Waals surface area (Å²) >= 11 is 0. The second-order valence-electron chi connectivity index (χ2n) is 7.01. The molecule has 3 rings (SSSR count). The Morgan fingerprint density at radius 3 is 2.31 bits per heavy atom. The van der Waals surface area contributed by atoms with E-state index in [1.54, 1.807) is 30.3 Å². The molecule has 6 heteroatoms. The van der Waals surface area contributed by atoms with Crippen molar-refractivity contribution in [2.24, 2.45) is 7.05 Å². The van der Waals surface area contributed by atoms with Crippen LogP contribution in [-0.2, 0) is 7.05 Å². The highest BCUT2D eigenvalue weighted by Crippen LogP contribution is 2.33. The Kier molecular flexibility index (Phi) is 5.92. The molecule has 0 saturated carbocycles. The van der Waals surface area contributed by atoms with Crippen molar-refractivity contribution in [1.29, 1.82) is 0 Å². The molecule has 0 unspecified atom stereocenters. The number of nitrogens with zero attached hydrogens (tertiary/aromatic N) is 2. The first-order valence-corrected chi connectivity index (χ1v) is 9.55. The Bertz CT molecular complexity index is 1120. The monoisotopic (exact) mass is 394 g/mol. The number of aromatic nitrogens is 1. The van der Waals surface area contributed by atoms with Gasteiger partial charge in [-0.3, -0.25) is 9.59 Å². The van der Waals surface area contributed by atoms with Gasteiger partial charge in [0, 0.05) is 30.9 Å². The summed E-state index contributed by atoms with van der Waals surface area (Å²) in [4.78, 5) is 28.1. The third-order valence-corrected chi connectivity index (χ3v) is 4.92. The van der Waals surface area contributed by atoms with Crippen LogP contribution in [0.25, 0.3) is 10.8 Å². The molecule has 1 heterocycles. The van der Waals surface area contributed by atoms with E-state index in [2.05, 4.69) is 0 Å². The van der Waals surface area contributed by atoms with Crippen LogP contribution in [0, 0.1) is 6.92 Å². The van der Waals surface area contributed by atoms with Gasteiger partial charge in [0.2, 0.25) is 0 Å². The van der Waals surface area contributed by atoms with Gasteiger partial charge in [-0.25, -0.2) is 0 Å². The van der Waals surface area contributed by atoms with Crippen molar-refractivity contribution in [1.82, 2.24) is 4.57 Å². The Morgan fingerprint density at radius 1 is 1.07 bits per heavy atom. The molecule has 0 fully saturated rings. The fourth-order valence-electron chi connectivity index (χ4n) is 3.47. The Balaban J connectivity index is 2.25. The van der Waals surface area contributed by atoms with Gasteiger partial charge in [0.05, 0.1) is 25.2 Å². The van der Waals surface area contributed by atoms with Gasteiger partial charge in [-0.05, 0) is 43.2 Å². The lowest BCUT2D eigenvalue weighted by atomic mass is 10.0. The predicted molar refractivity (Wildman–Crippen MR) is 115 cm³/mol. The lowest BCUT2D eigenvalue weighted by Crippen LogP contribution is -2.33. The van der Waals surface area contributed by atoms with E-state index in [0.29, 0.717) is 34.4 Å². The Labute approximate surface area is 170 Å². The number of amides is 1. The molecule has 0 atom stereocenters. The summed E-state index contributed by atoms with van der Waals surface area (Å²) in [6.45, 7) is 4.60. The number of hydrogen-bond donors (Lipinski definition) is 0. The van der Waals surface area contributed by atoms with E-state index in [4.69, 9.17) is 9.47 Å². The summed E-state index contributed by atoms with van der Waals surface area (Å²) in [5, 5.41) is 0.959. The van der Waals surface area contributed by atoms with Crippen LogP contribution < -0.4 is 19.9 Å². The number of ether oxygens (including phenoxy) is 2. The van der Waals surface area contributed by atoms with E-state index < -0.39 is 0 Å². The number of fused-ring (bicyclic) bond motifs is 1. The van der Waals surface area contributed by atoms with E-state index in [1.807, 2.05) is 38.1 Å². The van der Waals surface area contributed by atoms with Gasteiger partial charge in [0.25, 0.3) is 11.5 Å². The normalized spacial score (nSPS) is 10.8. The number of aryl methyl sites for hydroxylation is 2. The quantitative estimate of drug-likeness (QED) is 0.636. The number of pyridine rings is 1. The highest BCUT2D eigenvalue weighted by molar-refractivity contribution is 6.14. The molecule has 0 spiro atoms. The van der Waals surface area contributed by atoms with Gasteiger partial charge in [-0.2, -0.15) is 0 Å². The van der Waals surface area contributed by atoms with Crippen molar-refractivity contribution in [2.45, 2.75) is 20.3 Å². The molecular formula is C23H26N2O4. The fraction of sp³-hybridized carbons (Fsp3) is 0.304. The van der Waals surface area contributed by atoms with Gasteiger partial charge in [0.15, 0.2) is 11.5 Å². The van der Waals surface area contributed by atoms with E-state index in [1.165, 1.54) is 18.8 Å². The van der Waals surface area contributed by atoms with Gasteiger partial charge in [-0.1, -0.05) is 19.1 Å². The summed E-state index contributed by atoms with van der Waals surface area (Å²) < 4.78 is 12.2. The smallest absolute Gasteiger partial charge is 0.260 e. The number of anilines is 1. The van der Waals surface area contributed by atoms with Gasteiger partial charge in [-0.15, -0.1) is 0 Å². The zero-order valence-corrected chi connectivity index (χ0v) is 17.5. The zero-order valence-electron chi connectivity index (χ0n) is 17.5. The van der Waals surface area contributed by atoms with Crippen LogP contribution in [0.3, 0.4) is 0 Å². The Hall–Kier alpha value is -3.28. The predicted octanol–water partition coefficient (Wildman–Crippen LogP) is 3.92. The van der Waals surface area contributed by atoms with Crippen LogP contribution >= 0.6 is 0 Å². The molecule has 0 aliphatic rings. The molecule has 0 aliphatic carbocycles. The minimum atomic E-state index is -0.199. The van der Waals surface area contributed by atoms with Gasteiger partial charge in [0.1, 0.15) is 0 Å². The number of methoxy groups -OCH3 is 2. The topological polar surface area (TPSA) is 60.8 Å². The zero-order chi connectivity index (χ0) is 21.1. The maximum Gasteiger partial charge on any atom is 0.260 e. The summed E-state index contributed by atoms with van der Waals surface area (Å²) in [5.41, 5.74) is 2.15. The highest BCUT2D eigenvalue weighted by atomic mass is 16.5. The maximum atomic E-state index is 13.6. The van der Waals surface area contributed by atoms with E-state index in [9.17, 15) is 9.59 Å². The molecule has 1 amide bonds. The SMILES string of the molecule is CCCN(C(=O)c1cn(C)c(=O)c2cc(OC)c(OC)cc12)c1cccc(C)c1. The van der Waals surface area contributed by atoms with E-state index in [0.717, 1.165) is 17.7 Å².